The van der Waals surface area contributed by atoms with Gasteiger partial charge in [0.15, 0.2) is 0 Å². The van der Waals surface area contributed by atoms with Crippen LogP contribution in [0.15, 0.2) is 66.7 Å². The largest absolute Gasteiger partial charge is 0.444 e. The van der Waals surface area contributed by atoms with E-state index in [1.807, 2.05) is 60.7 Å². The Hall–Kier alpha value is -2.88. The predicted octanol–water partition coefficient (Wildman–Crippen LogP) is 3.61. The van der Waals surface area contributed by atoms with Crippen LogP contribution in [0.5, 0.6) is 0 Å². The molecule has 1 saturated heterocycles. The molecule has 0 radical (unpaired) electrons. The number of ether oxygens (including phenoxy) is 1. The second kappa shape index (κ2) is 8.29. The van der Waals surface area contributed by atoms with Gasteiger partial charge in [0.2, 0.25) is 6.10 Å². The summed E-state index contributed by atoms with van der Waals surface area (Å²) in [6.07, 6.45) is 4.14. The van der Waals surface area contributed by atoms with E-state index in [0.717, 1.165) is 31.5 Å². The van der Waals surface area contributed by atoms with Crippen LogP contribution in [0.2, 0.25) is 0 Å². The topological polar surface area (TPSA) is 46.6 Å². The Labute approximate surface area is 147 Å². The predicted molar refractivity (Wildman–Crippen MR) is 96.6 cm³/mol. The van der Waals surface area contributed by atoms with Crippen molar-refractivity contribution in [2.45, 2.75) is 18.9 Å². The highest BCUT2D eigenvalue weighted by molar-refractivity contribution is 5.91. The molecule has 0 N–H and O–H groups in total. The second-order valence-corrected chi connectivity index (χ2v) is 6.00. The molecule has 128 valence electrons. The molecule has 1 aliphatic rings. The van der Waals surface area contributed by atoms with Crippen LogP contribution >= 0.6 is 0 Å². The normalized spacial score (nSPS) is 15.3. The zero-order valence-corrected chi connectivity index (χ0v) is 14.0. The Bertz CT molecular complexity index is 734. The smallest absolute Gasteiger partial charge is 0.331 e. The lowest BCUT2D eigenvalue weighted by atomic mass is 10.1. The van der Waals surface area contributed by atoms with Gasteiger partial charge in [-0.3, -0.25) is 4.79 Å². The molecule has 1 fully saturated rings. The molecule has 4 nitrogen and oxygen atoms in total. The van der Waals surface area contributed by atoms with Gasteiger partial charge in [-0.25, -0.2) is 4.79 Å². The van der Waals surface area contributed by atoms with E-state index in [-0.39, 0.29) is 5.91 Å². The van der Waals surface area contributed by atoms with E-state index in [2.05, 4.69) is 0 Å². The number of esters is 1. The Balaban J connectivity index is 1.74. The summed E-state index contributed by atoms with van der Waals surface area (Å²) in [5.41, 5.74) is 1.60. The molecule has 1 atom stereocenters. The molecule has 0 bridgehead atoms. The van der Waals surface area contributed by atoms with Crippen molar-refractivity contribution in [3.8, 4) is 0 Å². The first-order chi connectivity index (χ1) is 12.2. The lowest BCUT2D eigenvalue weighted by molar-refractivity contribution is -0.156. The van der Waals surface area contributed by atoms with E-state index < -0.39 is 12.1 Å². The minimum Gasteiger partial charge on any atom is -0.444 e. The Morgan fingerprint density at radius 2 is 1.52 bits per heavy atom. The maximum Gasteiger partial charge on any atom is 0.331 e. The maximum absolute atomic E-state index is 12.8. The van der Waals surface area contributed by atoms with Gasteiger partial charge in [-0.1, -0.05) is 60.7 Å². The average molecular weight is 335 g/mol. The number of benzene rings is 2. The van der Waals surface area contributed by atoms with Gasteiger partial charge in [-0.2, -0.15) is 0 Å². The van der Waals surface area contributed by atoms with Crippen LogP contribution in [0, 0.1) is 0 Å². The van der Waals surface area contributed by atoms with E-state index in [9.17, 15) is 9.59 Å². The number of hydrogen-bond acceptors (Lipinski definition) is 3. The van der Waals surface area contributed by atoms with Gasteiger partial charge >= 0.3 is 5.97 Å². The summed E-state index contributed by atoms with van der Waals surface area (Å²) in [4.78, 5) is 26.8. The molecule has 25 heavy (non-hydrogen) atoms. The van der Waals surface area contributed by atoms with Crippen molar-refractivity contribution in [1.29, 1.82) is 0 Å². The van der Waals surface area contributed by atoms with Gasteiger partial charge in [0.1, 0.15) is 0 Å². The number of nitrogens with zero attached hydrogens (tertiary/aromatic N) is 1. The summed E-state index contributed by atoms with van der Waals surface area (Å²) in [6, 6.07) is 18.7. The molecule has 2 aromatic carbocycles. The van der Waals surface area contributed by atoms with Gasteiger partial charge in [-0.15, -0.1) is 0 Å². The van der Waals surface area contributed by atoms with Gasteiger partial charge in [0.05, 0.1) is 0 Å². The van der Waals surface area contributed by atoms with E-state index in [0.29, 0.717) is 5.56 Å². The molecule has 1 amide bonds. The van der Waals surface area contributed by atoms with Gasteiger partial charge in [0.25, 0.3) is 5.91 Å². The maximum atomic E-state index is 12.8. The molecule has 0 aromatic heterocycles. The molecule has 0 aliphatic carbocycles. The zero-order chi connectivity index (χ0) is 17.5. The first-order valence-electron chi connectivity index (χ1n) is 8.51. The number of hydrogen-bond donors (Lipinski definition) is 0. The highest BCUT2D eigenvalue weighted by Gasteiger charge is 2.30. The fraction of sp³-hybridized carbons (Fsp3) is 0.238. The highest BCUT2D eigenvalue weighted by atomic mass is 16.5. The van der Waals surface area contributed by atoms with Crippen LogP contribution in [-0.4, -0.2) is 29.9 Å². The standard InChI is InChI=1S/C21H21NO3/c23-19(14-13-17-9-3-1-4-10-17)25-20(18-11-5-2-6-12-18)21(24)22-15-7-8-16-22/h1-6,9-14,20H,7-8,15-16H2/b14-13+/t20-/m1/s1. The summed E-state index contributed by atoms with van der Waals surface area (Å²) < 4.78 is 5.52. The molecular formula is C21H21NO3. The monoisotopic (exact) mass is 335 g/mol. The van der Waals surface area contributed by atoms with Gasteiger partial charge < -0.3 is 9.64 Å². The van der Waals surface area contributed by atoms with Crippen molar-refractivity contribution in [1.82, 2.24) is 4.90 Å². The first-order valence-corrected chi connectivity index (χ1v) is 8.51. The molecular weight excluding hydrogens is 314 g/mol. The van der Waals surface area contributed by atoms with Crippen molar-refractivity contribution in [3.05, 3.63) is 77.9 Å². The fourth-order valence-corrected chi connectivity index (χ4v) is 2.88. The molecule has 1 heterocycles. The quantitative estimate of drug-likeness (QED) is 0.619. The Morgan fingerprint density at radius 1 is 0.920 bits per heavy atom. The molecule has 3 rings (SSSR count). The lowest BCUT2D eigenvalue weighted by Crippen LogP contribution is -2.34. The summed E-state index contributed by atoms with van der Waals surface area (Å²) in [7, 11) is 0. The van der Waals surface area contributed by atoms with Crippen LogP contribution in [0.25, 0.3) is 6.08 Å². The fourth-order valence-electron chi connectivity index (χ4n) is 2.88. The van der Waals surface area contributed by atoms with Crippen molar-refractivity contribution in [3.63, 3.8) is 0 Å². The Kier molecular flexibility index (Phi) is 5.62. The number of likely N-dealkylation sites (tertiary alicyclic amines) is 1. The number of rotatable bonds is 5. The third kappa shape index (κ3) is 4.57. The zero-order valence-electron chi connectivity index (χ0n) is 14.0. The van der Waals surface area contributed by atoms with E-state index >= 15 is 0 Å². The van der Waals surface area contributed by atoms with E-state index in [4.69, 9.17) is 4.74 Å². The summed E-state index contributed by atoms with van der Waals surface area (Å²) >= 11 is 0. The van der Waals surface area contributed by atoms with E-state index in [1.54, 1.807) is 11.0 Å². The molecule has 4 heteroatoms. The molecule has 2 aromatic rings. The van der Waals surface area contributed by atoms with Gasteiger partial charge in [0, 0.05) is 24.7 Å². The van der Waals surface area contributed by atoms with Crippen LogP contribution in [-0.2, 0) is 14.3 Å². The minimum absolute atomic E-state index is 0.148. The van der Waals surface area contributed by atoms with Crippen LogP contribution in [0.4, 0.5) is 0 Å². The highest BCUT2D eigenvalue weighted by Crippen LogP contribution is 2.23. The van der Waals surface area contributed by atoms with E-state index in [1.165, 1.54) is 6.08 Å². The third-order valence-corrected chi connectivity index (χ3v) is 4.19. The van der Waals surface area contributed by atoms with Crippen LogP contribution < -0.4 is 0 Å². The van der Waals surface area contributed by atoms with Crippen LogP contribution in [0.1, 0.15) is 30.1 Å². The summed E-state index contributed by atoms with van der Waals surface area (Å²) in [5, 5.41) is 0. The van der Waals surface area contributed by atoms with Crippen molar-refractivity contribution < 1.29 is 14.3 Å². The SMILES string of the molecule is O=C(/C=C/c1ccccc1)O[C@@H](C(=O)N1CCCC1)c1ccccc1. The van der Waals surface area contributed by atoms with Gasteiger partial charge in [-0.05, 0) is 24.5 Å². The molecule has 0 unspecified atom stereocenters. The van der Waals surface area contributed by atoms with Crippen molar-refractivity contribution in [2.75, 3.05) is 13.1 Å². The number of carbonyl (C=O) groups excluding carboxylic acids is 2. The number of carbonyl (C=O) groups is 2. The third-order valence-electron chi connectivity index (χ3n) is 4.19. The summed E-state index contributed by atoms with van der Waals surface area (Å²) in [6.45, 7) is 1.44. The molecule has 0 spiro atoms. The molecule has 0 saturated carbocycles. The second-order valence-electron chi connectivity index (χ2n) is 6.00. The van der Waals surface area contributed by atoms with Crippen molar-refractivity contribution in [2.24, 2.45) is 0 Å². The number of amides is 1. The molecule has 1 aliphatic heterocycles. The first kappa shape index (κ1) is 17.0. The minimum atomic E-state index is -0.896. The summed E-state index contributed by atoms with van der Waals surface area (Å²) in [5.74, 6) is -0.671. The Morgan fingerprint density at radius 3 is 2.16 bits per heavy atom. The van der Waals surface area contributed by atoms with Crippen molar-refractivity contribution >= 4 is 18.0 Å². The lowest BCUT2D eigenvalue weighted by Gasteiger charge is -2.23. The van der Waals surface area contributed by atoms with Crippen LogP contribution in [0.3, 0.4) is 0 Å². The average Bonchev–Trinajstić information content (AvgIpc) is 3.20.